The van der Waals surface area contributed by atoms with E-state index in [1.54, 1.807) is 18.3 Å². The van der Waals surface area contributed by atoms with E-state index in [4.69, 9.17) is 11.6 Å². The van der Waals surface area contributed by atoms with Crippen LogP contribution in [-0.2, 0) is 0 Å². The molecule has 1 aromatic heterocycles. The molecule has 60 valence electrons. The van der Waals surface area contributed by atoms with Crippen molar-refractivity contribution in [3.8, 4) is 0 Å². The lowest BCUT2D eigenvalue weighted by Crippen LogP contribution is -1.80. The van der Waals surface area contributed by atoms with Gasteiger partial charge in [0.05, 0.1) is 0 Å². The van der Waals surface area contributed by atoms with Gasteiger partial charge >= 0.3 is 0 Å². The van der Waals surface area contributed by atoms with E-state index in [-0.39, 0.29) is 5.82 Å². The second-order valence-corrected chi connectivity index (χ2v) is 2.83. The van der Waals surface area contributed by atoms with Crippen molar-refractivity contribution in [2.45, 2.75) is 0 Å². The van der Waals surface area contributed by atoms with Crippen LogP contribution in [0.15, 0.2) is 30.5 Å². The Morgan fingerprint density at radius 2 is 2.08 bits per heavy atom. The highest BCUT2D eigenvalue weighted by Gasteiger charge is 1.99. The number of rotatable bonds is 0. The van der Waals surface area contributed by atoms with E-state index in [1.165, 1.54) is 12.1 Å². The molecule has 0 radical (unpaired) electrons. The Labute approximate surface area is 73.8 Å². The van der Waals surface area contributed by atoms with Crippen LogP contribution in [-0.4, -0.2) is 4.98 Å². The largest absolute Gasteiger partial charge is 0.244 e. The molecule has 0 bridgehead atoms. The fraction of sp³-hybridized carbons (Fsp3) is 0. The Morgan fingerprint density at radius 3 is 2.92 bits per heavy atom. The van der Waals surface area contributed by atoms with Crippen LogP contribution >= 0.6 is 11.6 Å². The van der Waals surface area contributed by atoms with Crippen LogP contribution in [0.5, 0.6) is 0 Å². The minimum absolute atomic E-state index is 0.294. The summed E-state index contributed by atoms with van der Waals surface area (Å²) in [6.45, 7) is 0. The van der Waals surface area contributed by atoms with Gasteiger partial charge in [-0.25, -0.2) is 9.37 Å². The predicted octanol–water partition coefficient (Wildman–Crippen LogP) is 3.03. The smallest absolute Gasteiger partial charge is 0.136 e. The van der Waals surface area contributed by atoms with Gasteiger partial charge in [-0.1, -0.05) is 17.7 Å². The Bertz CT molecular complexity index is 428. The zero-order valence-electron chi connectivity index (χ0n) is 6.09. The van der Waals surface area contributed by atoms with Crippen LogP contribution < -0.4 is 0 Å². The summed E-state index contributed by atoms with van der Waals surface area (Å²) in [5, 5.41) is 1.89. The fourth-order valence-electron chi connectivity index (χ4n) is 1.11. The number of hydrogen-bond donors (Lipinski definition) is 0. The molecule has 12 heavy (non-hydrogen) atoms. The minimum atomic E-state index is -0.294. The normalized spacial score (nSPS) is 10.5. The summed E-state index contributed by atoms with van der Waals surface area (Å²) in [6, 6.07) is 6.25. The maximum Gasteiger partial charge on any atom is 0.136 e. The van der Waals surface area contributed by atoms with Gasteiger partial charge in [0.1, 0.15) is 11.0 Å². The molecule has 0 aliphatic rings. The first-order valence-electron chi connectivity index (χ1n) is 3.47. The summed E-state index contributed by atoms with van der Waals surface area (Å²) in [4.78, 5) is 3.85. The molecule has 0 fully saturated rings. The zero-order chi connectivity index (χ0) is 8.55. The highest BCUT2D eigenvalue weighted by molar-refractivity contribution is 6.34. The SMILES string of the molecule is Fc1ccc2ccnc(Cl)c2c1. The van der Waals surface area contributed by atoms with Crippen molar-refractivity contribution >= 4 is 22.4 Å². The maximum atomic E-state index is 12.7. The molecule has 0 aliphatic heterocycles. The third-order valence-corrected chi connectivity index (χ3v) is 1.98. The summed E-state index contributed by atoms with van der Waals surface area (Å²) in [7, 11) is 0. The molecule has 0 aliphatic carbocycles. The molecule has 1 heterocycles. The van der Waals surface area contributed by atoms with Crippen molar-refractivity contribution in [2.75, 3.05) is 0 Å². The van der Waals surface area contributed by atoms with Crippen molar-refractivity contribution in [1.82, 2.24) is 4.98 Å². The number of benzene rings is 1. The van der Waals surface area contributed by atoms with Crippen LogP contribution in [0.25, 0.3) is 10.8 Å². The first kappa shape index (κ1) is 7.50. The number of nitrogens with zero attached hydrogens (tertiary/aromatic N) is 1. The summed E-state index contributed by atoms with van der Waals surface area (Å²) in [6.07, 6.45) is 1.60. The minimum Gasteiger partial charge on any atom is -0.244 e. The Balaban J connectivity index is 2.88. The molecule has 2 rings (SSSR count). The molecule has 0 unspecified atom stereocenters. The number of pyridine rings is 1. The number of fused-ring (bicyclic) bond motifs is 1. The molecule has 1 nitrogen and oxygen atoms in total. The maximum absolute atomic E-state index is 12.7. The van der Waals surface area contributed by atoms with Crippen LogP contribution in [0.4, 0.5) is 4.39 Å². The predicted molar refractivity (Wildman–Crippen MR) is 46.7 cm³/mol. The number of halogens is 2. The third kappa shape index (κ3) is 1.14. The van der Waals surface area contributed by atoms with E-state index in [0.717, 1.165) is 5.39 Å². The van der Waals surface area contributed by atoms with Gasteiger partial charge in [-0.15, -0.1) is 0 Å². The Morgan fingerprint density at radius 1 is 1.25 bits per heavy atom. The average molecular weight is 182 g/mol. The molecule has 0 N–H and O–H groups in total. The second-order valence-electron chi connectivity index (χ2n) is 2.47. The van der Waals surface area contributed by atoms with Crippen LogP contribution in [0.3, 0.4) is 0 Å². The second kappa shape index (κ2) is 2.72. The van der Waals surface area contributed by atoms with Crippen molar-refractivity contribution in [1.29, 1.82) is 0 Å². The van der Waals surface area contributed by atoms with E-state index >= 15 is 0 Å². The molecular weight excluding hydrogens is 177 g/mol. The van der Waals surface area contributed by atoms with Crippen LogP contribution in [0, 0.1) is 5.82 Å². The van der Waals surface area contributed by atoms with Crippen molar-refractivity contribution in [3.05, 3.63) is 41.4 Å². The van der Waals surface area contributed by atoms with E-state index in [9.17, 15) is 4.39 Å². The standard InChI is InChI=1S/C9H5ClFN/c10-9-8-5-7(11)2-1-6(8)3-4-12-9/h1-5H. The number of aromatic nitrogens is 1. The van der Waals surface area contributed by atoms with E-state index < -0.39 is 0 Å². The van der Waals surface area contributed by atoms with Gasteiger partial charge in [0, 0.05) is 11.6 Å². The molecular formula is C9H5ClFN. The van der Waals surface area contributed by atoms with E-state index in [1.807, 2.05) is 0 Å². The summed E-state index contributed by atoms with van der Waals surface area (Å²) in [5.74, 6) is -0.294. The fourth-order valence-corrected chi connectivity index (χ4v) is 1.33. The Kier molecular flexibility index (Phi) is 1.70. The lowest BCUT2D eigenvalue weighted by molar-refractivity contribution is 0.629. The van der Waals surface area contributed by atoms with Crippen molar-refractivity contribution in [3.63, 3.8) is 0 Å². The van der Waals surface area contributed by atoms with Gasteiger partial charge < -0.3 is 0 Å². The molecule has 0 saturated heterocycles. The molecule has 0 spiro atoms. The monoisotopic (exact) mass is 181 g/mol. The van der Waals surface area contributed by atoms with Gasteiger partial charge in [0.15, 0.2) is 0 Å². The molecule has 1 aromatic carbocycles. The molecule has 0 atom stereocenters. The van der Waals surface area contributed by atoms with Gasteiger partial charge in [-0.3, -0.25) is 0 Å². The van der Waals surface area contributed by atoms with Gasteiger partial charge in [0.2, 0.25) is 0 Å². The topological polar surface area (TPSA) is 12.9 Å². The van der Waals surface area contributed by atoms with E-state index in [2.05, 4.69) is 4.98 Å². The summed E-state index contributed by atoms with van der Waals surface area (Å²) >= 11 is 5.75. The van der Waals surface area contributed by atoms with Crippen LogP contribution in [0.2, 0.25) is 5.15 Å². The summed E-state index contributed by atoms with van der Waals surface area (Å²) < 4.78 is 12.7. The van der Waals surface area contributed by atoms with E-state index in [0.29, 0.717) is 10.5 Å². The van der Waals surface area contributed by atoms with Gasteiger partial charge in [0.25, 0.3) is 0 Å². The quantitative estimate of drug-likeness (QED) is 0.570. The first-order chi connectivity index (χ1) is 5.77. The van der Waals surface area contributed by atoms with Crippen molar-refractivity contribution < 1.29 is 4.39 Å². The lowest BCUT2D eigenvalue weighted by Gasteiger charge is -1.97. The molecule has 3 heteroatoms. The highest BCUT2D eigenvalue weighted by Crippen LogP contribution is 2.21. The molecule has 0 amide bonds. The van der Waals surface area contributed by atoms with Crippen LogP contribution in [0.1, 0.15) is 0 Å². The third-order valence-electron chi connectivity index (χ3n) is 1.68. The number of hydrogen-bond acceptors (Lipinski definition) is 1. The Hall–Kier alpha value is -1.15. The summed E-state index contributed by atoms with van der Waals surface area (Å²) in [5.41, 5.74) is 0. The molecule has 0 saturated carbocycles. The highest BCUT2D eigenvalue weighted by atomic mass is 35.5. The van der Waals surface area contributed by atoms with Gasteiger partial charge in [-0.2, -0.15) is 0 Å². The lowest BCUT2D eigenvalue weighted by atomic mass is 10.2. The molecule has 2 aromatic rings. The average Bonchev–Trinajstić information content (AvgIpc) is 2.07. The van der Waals surface area contributed by atoms with Crippen molar-refractivity contribution in [2.24, 2.45) is 0 Å². The zero-order valence-corrected chi connectivity index (χ0v) is 6.85. The first-order valence-corrected chi connectivity index (χ1v) is 3.85. The van der Waals surface area contributed by atoms with Gasteiger partial charge in [-0.05, 0) is 23.6 Å².